The zero-order valence-electron chi connectivity index (χ0n) is 16.7. The van der Waals surface area contributed by atoms with Gasteiger partial charge in [0.05, 0.1) is 4.90 Å². The van der Waals surface area contributed by atoms with E-state index in [-0.39, 0.29) is 16.6 Å². The van der Waals surface area contributed by atoms with Crippen LogP contribution in [0.3, 0.4) is 0 Å². The standard InChI is InChI=1S/C20H30N4O3S/c1-3-4-10-17(20(25)23(2)14-15-24-12-7-8-13-24)21-19-16-9-5-6-11-18(16)28(26,27)22-19/h5-6,9,11,17H,3-4,7-8,10,12-15H2,1-2H3,(H,21,22). The highest BCUT2D eigenvalue weighted by molar-refractivity contribution is 7.90. The number of amides is 1. The number of unbranched alkanes of at least 4 members (excludes halogenated alkanes) is 1. The summed E-state index contributed by atoms with van der Waals surface area (Å²) in [5.41, 5.74) is 0.538. The lowest BCUT2D eigenvalue weighted by Crippen LogP contribution is -2.41. The first-order valence-corrected chi connectivity index (χ1v) is 11.6. The molecule has 2 aliphatic rings. The Kier molecular flexibility index (Phi) is 6.72. The maximum absolute atomic E-state index is 13.0. The van der Waals surface area contributed by atoms with Crippen molar-refractivity contribution in [1.29, 1.82) is 0 Å². The molecule has 0 aliphatic carbocycles. The normalized spacial score (nSPS) is 20.7. The summed E-state index contributed by atoms with van der Waals surface area (Å²) in [6.07, 6.45) is 4.88. The molecule has 2 heterocycles. The third-order valence-corrected chi connectivity index (χ3v) is 6.79. The fourth-order valence-corrected chi connectivity index (χ4v) is 4.93. The number of likely N-dealkylation sites (N-methyl/N-ethyl adjacent to an activating group) is 1. The predicted octanol–water partition coefficient (Wildman–Crippen LogP) is 1.84. The zero-order chi connectivity index (χ0) is 20.1. The minimum Gasteiger partial charge on any atom is -0.343 e. The molecule has 1 fully saturated rings. The van der Waals surface area contributed by atoms with E-state index in [4.69, 9.17) is 0 Å². The molecule has 8 heteroatoms. The van der Waals surface area contributed by atoms with Crippen molar-refractivity contribution in [3.63, 3.8) is 0 Å². The highest BCUT2D eigenvalue weighted by Crippen LogP contribution is 2.23. The maximum atomic E-state index is 13.0. The number of nitrogens with zero attached hydrogens (tertiary/aromatic N) is 3. The topological polar surface area (TPSA) is 82.1 Å². The number of amidine groups is 1. The van der Waals surface area contributed by atoms with Gasteiger partial charge in [-0.1, -0.05) is 31.9 Å². The van der Waals surface area contributed by atoms with Crippen molar-refractivity contribution in [2.24, 2.45) is 4.99 Å². The summed E-state index contributed by atoms with van der Waals surface area (Å²) in [6.45, 7) is 5.80. The van der Waals surface area contributed by atoms with Gasteiger partial charge in [-0.15, -0.1) is 0 Å². The van der Waals surface area contributed by atoms with Crippen molar-refractivity contribution in [2.75, 3.05) is 33.2 Å². The Morgan fingerprint density at radius 1 is 1.29 bits per heavy atom. The zero-order valence-corrected chi connectivity index (χ0v) is 17.5. The lowest BCUT2D eigenvalue weighted by atomic mass is 10.1. The summed E-state index contributed by atoms with van der Waals surface area (Å²) >= 11 is 0. The van der Waals surface area contributed by atoms with Crippen LogP contribution in [-0.2, 0) is 14.8 Å². The number of hydrogen-bond acceptors (Lipinski definition) is 5. The molecule has 1 aromatic rings. The quantitative estimate of drug-likeness (QED) is 0.714. The van der Waals surface area contributed by atoms with Crippen LogP contribution >= 0.6 is 0 Å². The van der Waals surface area contributed by atoms with E-state index in [1.54, 1.807) is 29.2 Å². The van der Waals surface area contributed by atoms with Crippen LogP contribution in [0.1, 0.15) is 44.6 Å². The smallest absolute Gasteiger partial charge is 0.263 e. The molecule has 1 unspecified atom stereocenters. The van der Waals surface area contributed by atoms with Crippen LogP contribution < -0.4 is 4.72 Å². The molecule has 154 valence electrons. The van der Waals surface area contributed by atoms with Crippen molar-refractivity contribution in [2.45, 2.75) is 50.0 Å². The maximum Gasteiger partial charge on any atom is 0.263 e. The van der Waals surface area contributed by atoms with E-state index in [1.165, 1.54) is 12.8 Å². The number of nitrogens with one attached hydrogen (secondary N) is 1. The van der Waals surface area contributed by atoms with Gasteiger partial charge in [-0.3, -0.25) is 14.5 Å². The van der Waals surface area contributed by atoms with Gasteiger partial charge in [0.25, 0.3) is 10.0 Å². The molecule has 1 saturated heterocycles. The van der Waals surface area contributed by atoms with Crippen LogP contribution in [0.4, 0.5) is 0 Å². The van der Waals surface area contributed by atoms with E-state index in [9.17, 15) is 13.2 Å². The molecule has 1 atom stereocenters. The molecule has 3 rings (SSSR count). The van der Waals surface area contributed by atoms with Crippen LogP contribution in [0.25, 0.3) is 0 Å². The molecule has 1 aromatic carbocycles. The summed E-state index contributed by atoms with van der Waals surface area (Å²) in [6, 6.07) is 6.18. The number of fused-ring (bicyclic) bond motifs is 1. The van der Waals surface area contributed by atoms with Gasteiger partial charge in [0.15, 0.2) is 0 Å². The van der Waals surface area contributed by atoms with Gasteiger partial charge in [-0.05, 0) is 44.5 Å². The Bertz CT molecular complexity index is 832. The van der Waals surface area contributed by atoms with Gasteiger partial charge in [0.2, 0.25) is 5.91 Å². The largest absolute Gasteiger partial charge is 0.343 e. The lowest BCUT2D eigenvalue weighted by Gasteiger charge is -2.24. The minimum atomic E-state index is -3.60. The average Bonchev–Trinajstić information content (AvgIpc) is 3.29. The van der Waals surface area contributed by atoms with E-state index >= 15 is 0 Å². The molecule has 0 spiro atoms. The molecule has 28 heavy (non-hydrogen) atoms. The molecule has 0 aromatic heterocycles. The van der Waals surface area contributed by atoms with E-state index in [0.29, 0.717) is 18.5 Å². The first kappa shape index (κ1) is 20.8. The van der Waals surface area contributed by atoms with Crippen LogP contribution in [0.5, 0.6) is 0 Å². The molecule has 0 radical (unpaired) electrons. The molecule has 0 saturated carbocycles. The molecular formula is C20H30N4O3S. The Labute approximate surface area is 167 Å². The number of sulfonamides is 1. The van der Waals surface area contributed by atoms with Gasteiger partial charge in [-0.2, -0.15) is 0 Å². The lowest BCUT2D eigenvalue weighted by molar-refractivity contribution is -0.131. The van der Waals surface area contributed by atoms with Crippen molar-refractivity contribution >= 4 is 21.8 Å². The van der Waals surface area contributed by atoms with Crippen LogP contribution in [-0.4, -0.2) is 69.2 Å². The van der Waals surface area contributed by atoms with Gasteiger partial charge < -0.3 is 9.80 Å². The highest BCUT2D eigenvalue weighted by atomic mass is 32.2. The van der Waals surface area contributed by atoms with Gasteiger partial charge in [0, 0.05) is 25.7 Å². The Balaban J connectivity index is 1.76. The Morgan fingerprint density at radius 3 is 2.71 bits per heavy atom. The fraction of sp³-hybridized carbons (Fsp3) is 0.600. The monoisotopic (exact) mass is 406 g/mol. The summed E-state index contributed by atoms with van der Waals surface area (Å²) in [7, 11) is -1.79. The van der Waals surface area contributed by atoms with Crippen molar-refractivity contribution < 1.29 is 13.2 Å². The Hall–Kier alpha value is -1.93. The molecule has 1 N–H and O–H groups in total. The number of carbonyl (C=O) groups excluding carboxylic acids is 1. The third kappa shape index (κ3) is 4.72. The second-order valence-electron chi connectivity index (χ2n) is 7.55. The van der Waals surface area contributed by atoms with E-state index in [2.05, 4.69) is 21.5 Å². The average molecular weight is 407 g/mol. The van der Waals surface area contributed by atoms with Gasteiger partial charge in [-0.25, -0.2) is 8.42 Å². The van der Waals surface area contributed by atoms with Crippen LogP contribution in [0.2, 0.25) is 0 Å². The molecule has 1 amide bonds. The predicted molar refractivity (Wildman–Crippen MR) is 110 cm³/mol. The third-order valence-electron chi connectivity index (χ3n) is 5.39. The molecule has 0 bridgehead atoms. The SMILES string of the molecule is CCCCC(N=C1NS(=O)(=O)c2ccccc21)C(=O)N(C)CCN1CCCC1. The van der Waals surface area contributed by atoms with E-state index in [1.807, 2.05) is 7.05 Å². The first-order valence-electron chi connectivity index (χ1n) is 10.1. The van der Waals surface area contributed by atoms with Gasteiger partial charge in [0.1, 0.15) is 11.9 Å². The summed E-state index contributed by atoms with van der Waals surface area (Å²) in [5, 5.41) is 0. The van der Waals surface area contributed by atoms with E-state index in [0.717, 1.165) is 32.5 Å². The first-order chi connectivity index (χ1) is 13.4. The number of carbonyl (C=O) groups is 1. The highest BCUT2D eigenvalue weighted by Gasteiger charge is 2.32. The number of aliphatic imine (C=N–C) groups is 1. The van der Waals surface area contributed by atoms with Crippen molar-refractivity contribution in [3.05, 3.63) is 29.8 Å². The molecule has 7 nitrogen and oxygen atoms in total. The summed E-state index contributed by atoms with van der Waals surface area (Å²) < 4.78 is 27.2. The van der Waals surface area contributed by atoms with Crippen molar-refractivity contribution in [1.82, 2.24) is 14.5 Å². The number of benzene rings is 1. The number of likely N-dealkylation sites (tertiary alicyclic amines) is 1. The number of rotatable bonds is 8. The van der Waals surface area contributed by atoms with Crippen LogP contribution in [0.15, 0.2) is 34.2 Å². The molecular weight excluding hydrogens is 376 g/mol. The van der Waals surface area contributed by atoms with Crippen molar-refractivity contribution in [3.8, 4) is 0 Å². The summed E-state index contributed by atoms with van der Waals surface area (Å²) in [4.78, 5) is 21.9. The van der Waals surface area contributed by atoms with Gasteiger partial charge >= 0.3 is 0 Å². The molecule has 2 aliphatic heterocycles. The number of hydrogen-bond donors (Lipinski definition) is 1. The Morgan fingerprint density at radius 2 is 2.00 bits per heavy atom. The van der Waals surface area contributed by atoms with E-state index < -0.39 is 16.1 Å². The van der Waals surface area contributed by atoms with Crippen LogP contribution in [0, 0.1) is 0 Å². The minimum absolute atomic E-state index is 0.0521. The fourth-order valence-electron chi connectivity index (χ4n) is 3.69. The second kappa shape index (κ2) is 9.05. The summed E-state index contributed by atoms with van der Waals surface area (Å²) in [5.74, 6) is 0.224. The second-order valence-corrected chi connectivity index (χ2v) is 9.20.